The van der Waals surface area contributed by atoms with E-state index < -0.39 is 0 Å². The lowest BCUT2D eigenvalue weighted by Gasteiger charge is -2.00. The fraction of sp³-hybridized carbons (Fsp3) is 0.786. The molecular formula is C14H24O3. The number of hydrogen-bond acceptors (Lipinski definition) is 3. The van der Waals surface area contributed by atoms with Gasteiger partial charge in [-0.15, -0.1) is 5.92 Å². The molecule has 0 spiro atoms. The molecule has 0 rings (SSSR count). The van der Waals surface area contributed by atoms with E-state index in [4.69, 9.17) is 5.11 Å². The van der Waals surface area contributed by atoms with Crippen LogP contribution in [0.3, 0.4) is 0 Å². The highest BCUT2D eigenvalue weighted by molar-refractivity contribution is 5.68. The standard InChI is InChI=1S/C14H24O3/c1-17-14(16)12-10-8-6-4-2-3-5-7-9-11-13-15/h15H,2-8,10,12-13H2,1H3. The maximum atomic E-state index is 10.8. The molecule has 0 aromatic carbocycles. The maximum Gasteiger partial charge on any atom is 0.305 e. The molecule has 0 bridgehead atoms. The van der Waals surface area contributed by atoms with Crippen LogP contribution < -0.4 is 0 Å². The number of methoxy groups -OCH3 is 1. The van der Waals surface area contributed by atoms with Gasteiger partial charge in [0.25, 0.3) is 0 Å². The Balaban J connectivity index is 3.06. The SMILES string of the molecule is COC(=O)CCCCCCCCCC#CCO. The van der Waals surface area contributed by atoms with Crippen molar-refractivity contribution >= 4 is 5.97 Å². The zero-order valence-electron chi connectivity index (χ0n) is 10.8. The molecule has 0 saturated heterocycles. The van der Waals surface area contributed by atoms with Crippen LogP contribution in [-0.4, -0.2) is 24.8 Å². The van der Waals surface area contributed by atoms with Gasteiger partial charge in [-0.2, -0.15) is 0 Å². The average molecular weight is 240 g/mol. The van der Waals surface area contributed by atoms with Gasteiger partial charge in [-0.3, -0.25) is 4.79 Å². The van der Waals surface area contributed by atoms with Crippen LogP contribution in [0.15, 0.2) is 0 Å². The Bertz CT molecular complexity index is 238. The number of aliphatic hydroxyl groups is 1. The summed E-state index contributed by atoms with van der Waals surface area (Å²) in [6, 6.07) is 0. The normalized spacial score (nSPS) is 9.53. The third-order valence-corrected chi connectivity index (χ3v) is 2.61. The maximum absolute atomic E-state index is 10.8. The number of ether oxygens (including phenoxy) is 1. The van der Waals surface area contributed by atoms with Gasteiger partial charge in [-0.05, 0) is 12.8 Å². The van der Waals surface area contributed by atoms with Crippen LogP contribution in [0.25, 0.3) is 0 Å². The summed E-state index contributed by atoms with van der Waals surface area (Å²) < 4.78 is 4.57. The molecule has 0 radical (unpaired) electrons. The lowest BCUT2D eigenvalue weighted by atomic mass is 10.1. The van der Waals surface area contributed by atoms with Crippen molar-refractivity contribution in [1.82, 2.24) is 0 Å². The van der Waals surface area contributed by atoms with Crippen LogP contribution in [0, 0.1) is 11.8 Å². The van der Waals surface area contributed by atoms with Gasteiger partial charge in [-0.1, -0.05) is 38.0 Å². The number of carbonyl (C=O) groups excluding carboxylic acids is 1. The van der Waals surface area contributed by atoms with Crippen molar-refractivity contribution in [3.05, 3.63) is 0 Å². The summed E-state index contributed by atoms with van der Waals surface area (Å²) >= 11 is 0. The quantitative estimate of drug-likeness (QED) is 0.383. The van der Waals surface area contributed by atoms with Crippen LogP contribution in [-0.2, 0) is 9.53 Å². The monoisotopic (exact) mass is 240 g/mol. The van der Waals surface area contributed by atoms with E-state index in [9.17, 15) is 4.79 Å². The van der Waals surface area contributed by atoms with Gasteiger partial charge in [-0.25, -0.2) is 0 Å². The Morgan fingerprint density at radius 1 is 1.00 bits per heavy atom. The van der Waals surface area contributed by atoms with Crippen molar-refractivity contribution in [2.75, 3.05) is 13.7 Å². The molecule has 17 heavy (non-hydrogen) atoms. The van der Waals surface area contributed by atoms with Crippen molar-refractivity contribution < 1.29 is 14.6 Å². The predicted octanol–water partition coefficient (Wildman–Crippen LogP) is 2.67. The second kappa shape index (κ2) is 13.1. The molecule has 1 N–H and O–H groups in total. The molecule has 0 fully saturated rings. The van der Waals surface area contributed by atoms with E-state index in [0.717, 1.165) is 25.7 Å². The van der Waals surface area contributed by atoms with Gasteiger partial charge in [0.1, 0.15) is 6.61 Å². The molecule has 0 aromatic heterocycles. The number of unbranched alkanes of at least 4 members (excludes halogenated alkanes) is 7. The first-order chi connectivity index (χ1) is 8.31. The smallest absolute Gasteiger partial charge is 0.305 e. The first-order valence-corrected chi connectivity index (χ1v) is 6.44. The fourth-order valence-electron chi connectivity index (χ4n) is 1.61. The highest BCUT2D eigenvalue weighted by Gasteiger charge is 1.98. The van der Waals surface area contributed by atoms with Crippen molar-refractivity contribution in [2.24, 2.45) is 0 Å². The van der Waals surface area contributed by atoms with E-state index in [2.05, 4.69) is 16.6 Å². The van der Waals surface area contributed by atoms with Gasteiger partial charge in [0.05, 0.1) is 7.11 Å². The van der Waals surface area contributed by atoms with Gasteiger partial charge in [0.2, 0.25) is 0 Å². The van der Waals surface area contributed by atoms with Gasteiger partial charge >= 0.3 is 5.97 Å². The second-order valence-corrected chi connectivity index (χ2v) is 4.06. The minimum atomic E-state index is -0.104. The predicted molar refractivity (Wildman–Crippen MR) is 68.4 cm³/mol. The van der Waals surface area contributed by atoms with Crippen molar-refractivity contribution in [3.63, 3.8) is 0 Å². The van der Waals surface area contributed by atoms with Gasteiger partial charge in [0.15, 0.2) is 0 Å². The molecule has 3 nitrogen and oxygen atoms in total. The lowest BCUT2D eigenvalue weighted by Crippen LogP contribution is -1.99. The van der Waals surface area contributed by atoms with E-state index in [-0.39, 0.29) is 12.6 Å². The molecule has 98 valence electrons. The van der Waals surface area contributed by atoms with Crippen LogP contribution in [0.5, 0.6) is 0 Å². The Labute approximate surface area is 105 Å². The van der Waals surface area contributed by atoms with E-state index in [1.165, 1.54) is 32.8 Å². The Hall–Kier alpha value is -1.01. The van der Waals surface area contributed by atoms with Crippen LogP contribution in [0.4, 0.5) is 0 Å². The summed E-state index contributed by atoms with van der Waals surface area (Å²) in [5.41, 5.74) is 0. The summed E-state index contributed by atoms with van der Waals surface area (Å²) in [6.45, 7) is -0.0276. The summed E-state index contributed by atoms with van der Waals surface area (Å²) in [7, 11) is 1.43. The first kappa shape index (κ1) is 16.0. The minimum Gasteiger partial charge on any atom is -0.469 e. The highest BCUT2D eigenvalue weighted by atomic mass is 16.5. The molecule has 3 heteroatoms. The lowest BCUT2D eigenvalue weighted by molar-refractivity contribution is -0.140. The molecule has 0 aliphatic carbocycles. The van der Waals surface area contributed by atoms with Crippen LogP contribution >= 0.6 is 0 Å². The van der Waals surface area contributed by atoms with Crippen LogP contribution in [0.2, 0.25) is 0 Å². The van der Waals surface area contributed by atoms with Crippen molar-refractivity contribution in [1.29, 1.82) is 0 Å². The van der Waals surface area contributed by atoms with E-state index in [0.29, 0.717) is 6.42 Å². The van der Waals surface area contributed by atoms with Gasteiger partial charge < -0.3 is 9.84 Å². The molecule has 0 aliphatic rings. The zero-order valence-corrected chi connectivity index (χ0v) is 10.8. The third-order valence-electron chi connectivity index (χ3n) is 2.61. The molecule has 0 amide bonds. The van der Waals surface area contributed by atoms with E-state index >= 15 is 0 Å². The minimum absolute atomic E-state index is 0.0276. The Kier molecular flexibility index (Phi) is 12.3. The number of carbonyl (C=O) groups is 1. The topological polar surface area (TPSA) is 46.5 Å². The fourth-order valence-corrected chi connectivity index (χ4v) is 1.61. The Morgan fingerprint density at radius 3 is 2.18 bits per heavy atom. The van der Waals surface area contributed by atoms with E-state index in [1.807, 2.05) is 0 Å². The first-order valence-electron chi connectivity index (χ1n) is 6.44. The molecule has 0 saturated carbocycles. The summed E-state index contributed by atoms with van der Waals surface area (Å²) in [6.07, 6.45) is 9.48. The summed E-state index contributed by atoms with van der Waals surface area (Å²) in [5, 5.41) is 8.44. The number of esters is 1. The van der Waals surface area contributed by atoms with Crippen LogP contribution in [0.1, 0.15) is 57.8 Å². The molecule has 0 heterocycles. The summed E-state index contributed by atoms with van der Waals surface area (Å²) in [4.78, 5) is 10.8. The average Bonchev–Trinajstić information content (AvgIpc) is 2.35. The number of aliphatic hydroxyl groups excluding tert-OH is 1. The number of hydrogen-bond donors (Lipinski definition) is 1. The van der Waals surface area contributed by atoms with Crippen molar-refractivity contribution in [2.45, 2.75) is 57.8 Å². The zero-order chi connectivity index (χ0) is 12.8. The summed E-state index contributed by atoms with van der Waals surface area (Å²) in [5.74, 6) is 5.45. The number of rotatable bonds is 9. The molecular weight excluding hydrogens is 216 g/mol. The molecule has 0 atom stereocenters. The molecule has 0 aromatic rings. The third kappa shape index (κ3) is 12.9. The second-order valence-electron chi connectivity index (χ2n) is 4.06. The van der Waals surface area contributed by atoms with Crippen molar-refractivity contribution in [3.8, 4) is 11.8 Å². The highest BCUT2D eigenvalue weighted by Crippen LogP contribution is 2.09. The Morgan fingerprint density at radius 2 is 1.59 bits per heavy atom. The molecule has 0 aliphatic heterocycles. The molecule has 0 unspecified atom stereocenters. The van der Waals surface area contributed by atoms with Gasteiger partial charge in [0, 0.05) is 12.8 Å². The van der Waals surface area contributed by atoms with E-state index in [1.54, 1.807) is 0 Å². The largest absolute Gasteiger partial charge is 0.469 e.